The summed E-state index contributed by atoms with van der Waals surface area (Å²) >= 11 is 0. The van der Waals surface area contributed by atoms with Crippen LogP contribution in [0.1, 0.15) is 23.7 Å². The largest absolute Gasteiger partial charge is 0.497 e. The van der Waals surface area contributed by atoms with Gasteiger partial charge in [0.05, 0.1) is 13.3 Å². The van der Waals surface area contributed by atoms with E-state index in [1.165, 1.54) is 16.8 Å². The van der Waals surface area contributed by atoms with Gasteiger partial charge in [-0.25, -0.2) is 0 Å². The summed E-state index contributed by atoms with van der Waals surface area (Å²) in [6.07, 6.45) is 1.97. The maximum atomic E-state index is 5.26. The maximum Gasteiger partial charge on any atom is 0.119 e. The monoisotopic (exact) mass is 273 g/mol. The van der Waals surface area contributed by atoms with Crippen molar-refractivity contribution in [3.63, 3.8) is 0 Å². The highest BCUT2D eigenvalue weighted by Crippen LogP contribution is 2.16. The van der Waals surface area contributed by atoms with Gasteiger partial charge in [-0.15, -0.1) is 0 Å². The summed E-state index contributed by atoms with van der Waals surface area (Å²) in [5, 5.41) is 4.39. The zero-order valence-corrected chi connectivity index (χ0v) is 12.8. The van der Waals surface area contributed by atoms with E-state index in [0.717, 1.165) is 25.4 Å². The Labute approximate surface area is 121 Å². The van der Waals surface area contributed by atoms with Crippen LogP contribution in [0.25, 0.3) is 0 Å². The van der Waals surface area contributed by atoms with Gasteiger partial charge in [0.2, 0.25) is 0 Å². The van der Waals surface area contributed by atoms with Gasteiger partial charge in [0, 0.05) is 30.9 Å². The first kappa shape index (κ1) is 14.6. The van der Waals surface area contributed by atoms with Crippen LogP contribution < -0.4 is 4.74 Å². The van der Waals surface area contributed by atoms with Crippen molar-refractivity contribution in [1.82, 2.24) is 14.7 Å². The lowest BCUT2D eigenvalue weighted by molar-refractivity contribution is 0.317. The third-order valence-corrected chi connectivity index (χ3v) is 3.53. The minimum absolute atomic E-state index is 0.897. The van der Waals surface area contributed by atoms with E-state index in [4.69, 9.17) is 4.74 Å². The first-order chi connectivity index (χ1) is 9.63. The molecule has 0 saturated heterocycles. The molecule has 2 rings (SSSR count). The second kappa shape index (κ2) is 6.57. The Morgan fingerprint density at radius 3 is 2.75 bits per heavy atom. The number of aryl methyl sites for hydroxylation is 1. The fraction of sp³-hybridized carbons (Fsp3) is 0.438. The van der Waals surface area contributed by atoms with Crippen LogP contribution in [-0.4, -0.2) is 28.8 Å². The SMILES string of the molecule is CCn1ncc(CN(C)Cc2cccc(OC)c2)c1C. The van der Waals surface area contributed by atoms with Crippen molar-refractivity contribution in [3.05, 3.63) is 47.3 Å². The van der Waals surface area contributed by atoms with E-state index in [9.17, 15) is 0 Å². The Morgan fingerprint density at radius 1 is 1.30 bits per heavy atom. The number of methoxy groups -OCH3 is 1. The molecule has 0 unspecified atom stereocenters. The van der Waals surface area contributed by atoms with Gasteiger partial charge >= 0.3 is 0 Å². The highest BCUT2D eigenvalue weighted by atomic mass is 16.5. The molecule has 1 aromatic heterocycles. The second-order valence-electron chi connectivity index (χ2n) is 5.09. The summed E-state index contributed by atoms with van der Waals surface area (Å²) in [7, 11) is 3.83. The molecule has 0 bridgehead atoms. The van der Waals surface area contributed by atoms with E-state index in [0.29, 0.717) is 0 Å². The fourth-order valence-electron chi connectivity index (χ4n) is 2.39. The average molecular weight is 273 g/mol. The molecule has 4 nitrogen and oxygen atoms in total. The molecule has 0 aliphatic heterocycles. The zero-order valence-electron chi connectivity index (χ0n) is 12.8. The van der Waals surface area contributed by atoms with E-state index in [1.54, 1.807) is 7.11 Å². The van der Waals surface area contributed by atoms with Gasteiger partial charge in [0.15, 0.2) is 0 Å². The number of nitrogens with zero attached hydrogens (tertiary/aromatic N) is 3. The maximum absolute atomic E-state index is 5.26. The molecule has 4 heteroatoms. The number of aromatic nitrogens is 2. The molecule has 1 heterocycles. The van der Waals surface area contributed by atoms with Gasteiger partial charge in [0.1, 0.15) is 5.75 Å². The number of hydrogen-bond acceptors (Lipinski definition) is 3. The van der Waals surface area contributed by atoms with Crippen LogP contribution in [0, 0.1) is 6.92 Å². The predicted molar refractivity (Wildman–Crippen MR) is 80.8 cm³/mol. The van der Waals surface area contributed by atoms with E-state index in [1.807, 2.05) is 23.0 Å². The lowest BCUT2D eigenvalue weighted by Gasteiger charge is -2.17. The molecule has 2 aromatic rings. The lowest BCUT2D eigenvalue weighted by atomic mass is 10.2. The fourth-order valence-corrected chi connectivity index (χ4v) is 2.39. The van der Waals surface area contributed by atoms with Crippen LogP contribution in [0.2, 0.25) is 0 Å². The molecule has 20 heavy (non-hydrogen) atoms. The van der Waals surface area contributed by atoms with Gasteiger partial charge in [-0.1, -0.05) is 12.1 Å². The van der Waals surface area contributed by atoms with Gasteiger partial charge in [-0.2, -0.15) is 5.10 Å². The van der Waals surface area contributed by atoms with Crippen molar-refractivity contribution in [3.8, 4) is 5.75 Å². The highest BCUT2D eigenvalue weighted by molar-refractivity contribution is 5.28. The summed E-state index contributed by atoms with van der Waals surface area (Å²) in [5.41, 5.74) is 3.80. The van der Waals surface area contributed by atoms with E-state index < -0.39 is 0 Å². The Balaban J connectivity index is 2.01. The smallest absolute Gasteiger partial charge is 0.119 e. The highest BCUT2D eigenvalue weighted by Gasteiger charge is 2.08. The van der Waals surface area contributed by atoms with Crippen LogP contribution in [0.15, 0.2) is 30.5 Å². The van der Waals surface area contributed by atoms with Crippen LogP contribution in [-0.2, 0) is 19.6 Å². The lowest BCUT2D eigenvalue weighted by Crippen LogP contribution is -2.17. The molecule has 0 N–H and O–H groups in total. The predicted octanol–water partition coefficient (Wildman–Crippen LogP) is 2.85. The standard InChI is InChI=1S/C16H23N3O/c1-5-19-13(2)15(10-17-19)12-18(3)11-14-7-6-8-16(9-14)20-4/h6-10H,5,11-12H2,1-4H3. The molecule has 0 amide bonds. The van der Waals surface area contributed by atoms with Crippen molar-refractivity contribution in [1.29, 1.82) is 0 Å². The molecular formula is C16H23N3O. The number of rotatable bonds is 6. The van der Waals surface area contributed by atoms with Gasteiger partial charge in [-0.05, 0) is 38.6 Å². The molecule has 0 radical (unpaired) electrons. The summed E-state index contributed by atoms with van der Waals surface area (Å²) in [4.78, 5) is 2.29. The molecule has 1 aromatic carbocycles. The van der Waals surface area contributed by atoms with Gasteiger partial charge in [-0.3, -0.25) is 9.58 Å². The van der Waals surface area contributed by atoms with Crippen molar-refractivity contribution >= 4 is 0 Å². The van der Waals surface area contributed by atoms with Crippen molar-refractivity contribution < 1.29 is 4.74 Å². The molecule has 0 saturated carbocycles. The van der Waals surface area contributed by atoms with Crippen LogP contribution in [0.5, 0.6) is 5.75 Å². The van der Waals surface area contributed by atoms with Crippen LogP contribution >= 0.6 is 0 Å². The van der Waals surface area contributed by atoms with Crippen LogP contribution in [0.3, 0.4) is 0 Å². The molecule has 0 spiro atoms. The number of ether oxygens (including phenoxy) is 1. The normalized spacial score (nSPS) is 11.1. The van der Waals surface area contributed by atoms with Gasteiger partial charge in [0.25, 0.3) is 0 Å². The molecule has 0 aliphatic rings. The third kappa shape index (κ3) is 3.39. The van der Waals surface area contributed by atoms with Crippen LogP contribution in [0.4, 0.5) is 0 Å². The Hall–Kier alpha value is -1.81. The first-order valence-corrected chi connectivity index (χ1v) is 6.96. The van der Waals surface area contributed by atoms with E-state index >= 15 is 0 Å². The van der Waals surface area contributed by atoms with Gasteiger partial charge < -0.3 is 4.74 Å². The Kier molecular flexibility index (Phi) is 4.79. The minimum atomic E-state index is 0.897. The van der Waals surface area contributed by atoms with E-state index in [-0.39, 0.29) is 0 Å². The molecule has 0 aliphatic carbocycles. The summed E-state index contributed by atoms with van der Waals surface area (Å²) < 4.78 is 7.30. The molecular weight excluding hydrogens is 250 g/mol. The van der Waals surface area contributed by atoms with Crippen molar-refractivity contribution in [2.24, 2.45) is 0 Å². The number of hydrogen-bond donors (Lipinski definition) is 0. The summed E-state index contributed by atoms with van der Waals surface area (Å²) in [6, 6.07) is 8.21. The minimum Gasteiger partial charge on any atom is -0.497 e. The van der Waals surface area contributed by atoms with E-state index in [2.05, 4.69) is 43.0 Å². The second-order valence-corrected chi connectivity index (χ2v) is 5.09. The third-order valence-electron chi connectivity index (χ3n) is 3.53. The Bertz CT molecular complexity index is 563. The quantitative estimate of drug-likeness (QED) is 0.810. The van der Waals surface area contributed by atoms with Crippen molar-refractivity contribution in [2.45, 2.75) is 33.5 Å². The molecule has 0 fully saturated rings. The first-order valence-electron chi connectivity index (χ1n) is 6.96. The average Bonchev–Trinajstić information content (AvgIpc) is 2.79. The topological polar surface area (TPSA) is 30.3 Å². The summed E-state index contributed by atoms with van der Waals surface area (Å²) in [6.45, 7) is 6.97. The summed E-state index contributed by atoms with van der Waals surface area (Å²) in [5.74, 6) is 0.908. The Morgan fingerprint density at radius 2 is 2.10 bits per heavy atom. The number of benzene rings is 1. The molecule has 108 valence electrons. The molecule has 0 atom stereocenters. The van der Waals surface area contributed by atoms with Crippen molar-refractivity contribution in [2.75, 3.05) is 14.2 Å². The zero-order chi connectivity index (χ0) is 14.5.